The van der Waals surface area contributed by atoms with Crippen molar-refractivity contribution in [3.63, 3.8) is 0 Å². The Balaban J connectivity index is 1.59. The zero-order chi connectivity index (χ0) is 16.9. The van der Waals surface area contributed by atoms with Crippen LogP contribution in [0.4, 0.5) is 0 Å². The van der Waals surface area contributed by atoms with Crippen LogP contribution in [0.15, 0.2) is 34.1 Å². The second-order valence-corrected chi connectivity index (χ2v) is 7.63. The van der Waals surface area contributed by atoms with E-state index in [-0.39, 0.29) is 6.10 Å². The van der Waals surface area contributed by atoms with E-state index in [1.54, 1.807) is 25.6 Å². The van der Waals surface area contributed by atoms with Gasteiger partial charge in [0.15, 0.2) is 11.5 Å². The first-order valence-corrected chi connectivity index (χ1v) is 9.70. The van der Waals surface area contributed by atoms with Crippen LogP contribution in [0.5, 0.6) is 17.2 Å². The Morgan fingerprint density at radius 1 is 1.12 bits per heavy atom. The van der Waals surface area contributed by atoms with Crippen molar-refractivity contribution in [3.05, 3.63) is 39.0 Å². The number of nitrogens with zero attached hydrogens (tertiary/aromatic N) is 1. The molecule has 0 bridgehead atoms. The van der Waals surface area contributed by atoms with Gasteiger partial charge in [-0.1, -0.05) is 6.07 Å². The minimum absolute atomic E-state index is 0.193. The van der Waals surface area contributed by atoms with Gasteiger partial charge in [0.05, 0.1) is 14.2 Å². The van der Waals surface area contributed by atoms with Crippen molar-refractivity contribution < 1.29 is 14.2 Å². The van der Waals surface area contributed by atoms with E-state index in [0.29, 0.717) is 5.75 Å². The van der Waals surface area contributed by atoms with E-state index in [9.17, 15) is 0 Å². The average Bonchev–Trinajstić information content (AvgIpc) is 3.01. The number of rotatable bonds is 6. The molecule has 1 saturated heterocycles. The van der Waals surface area contributed by atoms with Crippen molar-refractivity contribution in [1.29, 1.82) is 0 Å². The first-order valence-electron chi connectivity index (χ1n) is 8.03. The van der Waals surface area contributed by atoms with E-state index >= 15 is 0 Å². The summed E-state index contributed by atoms with van der Waals surface area (Å²) in [5.41, 5.74) is 0. The summed E-state index contributed by atoms with van der Waals surface area (Å²) < 4.78 is 18.3. The number of hydrogen-bond acceptors (Lipinski definition) is 5. The maximum absolute atomic E-state index is 6.22. The van der Waals surface area contributed by atoms with Crippen molar-refractivity contribution in [3.8, 4) is 17.2 Å². The van der Waals surface area contributed by atoms with Crippen LogP contribution in [0.2, 0.25) is 0 Å². The highest BCUT2D eigenvalue weighted by atomic mass is 79.9. The average molecular weight is 412 g/mol. The Labute approximate surface area is 155 Å². The molecule has 6 heteroatoms. The van der Waals surface area contributed by atoms with E-state index in [4.69, 9.17) is 14.2 Å². The molecule has 0 amide bonds. The molecular weight excluding hydrogens is 390 g/mol. The molecule has 0 atom stereocenters. The SMILES string of the molecule is COc1cccc(OC)c1OC1CCN(Cc2sccc2Br)CC1. The zero-order valence-electron chi connectivity index (χ0n) is 14.0. The van der Waals surface area contributed by atoms with Crippen molar-refractivity contribution >= 4 is 27.3 Å². The monoisotopic (exact) mass is 411 g/mol. The molecule has 130 valence electrons. The highest BCUT2D eigenvalue weighted by molar-refractivity contribution is 9.10. The molecule has 0 unspecified atom stereocenters. The van der Waals surface area contributed by atoms with Crippen LogP contribution in [0.3, 0.4) is 0 Å². The van der Waals surface area contributed by atoms with Crippen molar-refractivity contribution in [1.82, 2.24) is 4.90 Å². The number of para-hydroxylation sites is 1. The lowest BCUT2D eigenvalue weighted by Crippen LogP contribution is -2.37. The molecule has 2 aromatic rings. The molecule has 1 aromatic heterocycles. The third-order valence-corrected chi connectivity index (χ3v) is 6.17. The van der Waals surface area contributed by atoms with Gasteiger partial charge in [-0.2, -0.15) is 0 Å². The first-order chi connectivity index (χ1) is 11.7. The van der Waals surface area contributed by atoms with E-state index in [1.165, 1.54) is 9.35 Å². The number of thiophene rings is 1. The summed E-state index contributed by atoms with van der Waals surface area (Å²) in [6, 6.07) is 7.83. The van der Waals surface area contributed by atoms with Crippen LogP contribution >= 0.6 is 27.3 Å². The lowest BCUT2D eigenvalue weighted by molar-refractivity contribution is 0.0921. The second-order valence-electron chi connectivity index (χ2n) is 5.78. The molecule has 0 aliphatic carbocycles. The largest absolute Gasteiger partial charge is 0.493 e. The summed E-state index contributed by atoms with van der Waals surface area (Å²) in [6.07, 6.45) is 2.20. The molecule has 24 heavy (non-hydrogen) atoms. The number of ether oxygens (including phenoxy) is 3. The molecule has 3 rings (SSSR count). The highest BCUT2D eigenvalue weighted by Gasteiger charge is 2.24. The molecule has 2 heterocycles. The van der Waals surface area contributed by atoms with Gasteiger partial charge in [0, 0.05) is 29.0 Å². The van der Waals surface area contributed by atoms with Gasteiger partial charge in [0.1, 0.15) is 6.10 Å². The Bertz CT molecular complexity index is 646. The van der Waals surface area contributed by atoms with Gasteiger partial charge in [-0.3, -0.25) is 4.90 Å². The summed E-state index contributed by atoms with van der Waals surface area (Å²) in [5.74, 6) is 2.15. The molecular formula is C18H22BrNO3S. The van der Waals surface area contributed by atoms with Gasteiger partial charge in [-0.05, 0) is 52.4 Å². The van der Waals surface area contributed by atoms with Crippen molar-refractivity contribution in [2.45, 2.75) is 25.5 Å². The normalized spacial score (nSPS) is 16.1. The maximum Gasteiger partial charge on any atom is 0.203 e. The summed E-state index contributed by atoms with van der Waals surface area (Å²) in [4.78, 5) is 3.87. The Hall–Kier alpha value is -1.24. The molecule has 0 spiro atoms. The van der Waals surface area contributed by atoms with Crippen LogP contribution in [-0.4, -0.2) is 38.3 Å². The summed E-state index contributed by atoms with van der Waals surface area (Å²) in [5, 5.41) is 2.13. The fraction of sp³-hybridized carbons (Fsp3) is 0.444. The van der Waals surface area contributed by atoms with Crippen LogP contribution in [0.1, 0.15) is 17.7 Å². The quantitative estimate of drug-likeness (QED) is 0.696. The maximum atomic E-state index is 6.22. The van der Waals surface area contributed by atoms with E-state index in [0.717, 1.165) is 44.0 Å². The molecule has 4 nitrogen and oxygen atoms in total. The van der Waals surface area contributed by atoms with Crippen molar-refractivity contribution in [2.24, 2.45) is 0 Å². The number of piperidine rings is 1. The second kappa shape index (κ2) is 8.23. The van der Waals surface area contributed by atoms with Crippen molar-refractivity contribution in [2.75, 3.05) is 27.3 Å². The predicted octanol–water partition coefficient (Wildman–Crippen LogP) is 4.57. The van der Waals surface area contributed by atoms with Gasteiger partial charge in [-0.15, -0.1) is 11.3 Å². The van der Waals surface area contributed by atoms with Crippen LogP contribution in [0, 0.1) is 0 Å². The molecule has 1 aromatic carbocycles. The summed E-state index contributed by atoms with van der Waals surface area (Å²) in [7, 11) is 3.31. The smallest absolute Gasteiger partial charge is 0.203 e. The van der Waals surface area contributed by atoms with Crippen LogP contribution < -0.4 is 14.2 Å². The molecule has 0 radical (unpaired) electrons. The first kappa shape index (κ1) is 17.6. The fourth-order valence-corrected chi connectivity index (χ4v) is 4.45. The molecule has 0 N–H and O–H groups in total. The standard InChI is InChI=1S/C18H22BrNO3S/c1-21-15-4-3-5-16(22-2)18(15)23-13-6-9-20(10-7-13)12-17-14(19)8-11-24-17/h3-5,8,11,13H,6-7,9-10,12H2,1-2H3. The number of hydrogen-bond donors (Lipinski definition) is 0. The Morgan fingerprint density at radius 3 is 2.33 bits per heavy atom. The zero-order valence-corrected chi connectivity index (χ0v) is 16.4. The molecule has 1 fully saturated rings. The number of methoxy groups -OCH3 is 2. The fourth-order valence-electron chi connectivity index (χ4n) is 2.93. The Morgan fingerprint density at radius 2 is 1.79 bits per heavy atom. The minimum atomic E-state index is 0.193. The third-order valence-electron chi connectivity index (χ3n) is 4.26. The minimum Gasteiger partial charge on any atom is -0.493 e. The number of halogens is 1. The number of benzene rings is 1. The predicted molar refractivity (Wildman–Crippen MR) is 100 cm³/mol. The van der Waals surface area contributed by atoms with Gasteiger partial charge >= 0.3 is 0 Å². The van der Waals surface area contributed by atoms with Gasteiger partial charge < -0.3 is 14.2 Å². The van der Waals surface area contributed by atoms with Crippen LogP contribution in [-0.2, 0) is 6.54 Å². The van der Waals surface area contributed by atoms with E-state index in [2.05, 4.69) is 32.3 Å². The lowest BCUT2D eigenvalue weighted by Gasteiger charge is -2.32. The lowest BCUT2D eigenvalue weighted by atomic mass is 10.1. The summed E-state index contributed by atoms with van der Waals surface area (Å²) >= 11 is 5.42. The molecule has 0 saturated carbocycles. The third kappa shape index (κ3) is 4.05. The van der Waals surface area contributed by atoms with E-state index < -0.39 is 0 Å². The topological polar surface area (TPSA) is 30.9 Å². The van der Waals surface area contributed by atoms with Gasteiger partial charge in [0.2, 0.25) is 5.75 Å². The highest BCUT2D eigenvalue weighted by Crippen LogP contribution is 2.38. The Kier molecular flexibility index (Phi) is 6.03. The molecule has 1 aliphatic heterocycles. The van der Waals surface area contributed by atoms with E-state index in [1.807, 2.05) is 18.2 Å². The van der Waals surface area contributed by atoms with Gasteiger partial charge in [-0.25, -0.2) is 0 Å². The van der Waals surface area contributed by atoms with Crippen LogP contribution in [0.25, 0.3) is 0 Å². The number of likely N-dealkylation sites (tertiary alicyclic amines) is 1. The molecule has 1 aliphatic rings. The van der Waals surface area contributed by atoms with Gasteiger partial charge in [0.25, 0.3) is 0 Å². The summed E-state index contributed by atoms with van der Waals surface area (Å²) in [6.45, 7) is 3.07.